The summed E-state index contributed by atoms with van der Waals surface area (Å²) in [6, 6.07) is 8.67. The average Bonchev–Trinajstić information content (AvgIpc) is 3.12. The van der Waals surface area contributed by atoms with Gasteiger partial charge >= 0.3 is 0 Å². The van der Waals surface area contributed by atoms with Gasteiger partial charge in [-0.2, -0.15) is 0 Å². The van der Waals surface area contributed by atoms with Gasteiger partial charge in [0.05, 0.1) is 23.5 Å². The van der Waals surface area contributed by atoms with Crippen molar-refractivity contribution in [1.29, 1.82) is 0 Å². The summed E-state index contributed by atoms with van der Waals surface area (Å²) in [4.78, 5) is 2.30. The minimum atomic E-state index is -0.334. The Morgan fingerprint density at radius 1 is 0.789 bits per heavy atom. The second-order valence-electron chi connectivity index (χ2n) is 11.5. The molecule has 0 radical (unpaired) electrons. The van der Waals surface area contributed by atoms with Gasteiger partial charge in [0.1, 0.15) is 13.2 Å². The van der Waals surface area contributed by atoms with Crippen molar-refractivity contribution < 1.29 is 18.9 Å². The number of hydrogen-bond donors (Lipinski definition) is 0. The van der Waals surface area contributed by atoms with Gasteiger partial charge in [-0.05, 0) is 44.1 Å². The summed E-state index contributed by atoms with van der Waals surface area (Å²) in [6.45, 7) is 17.2. The normalized spacial score (nSPS) is 18.8. The van der Waals surface area contributed by atoms with E-state index in [1.807, 2.05) is 0 Å². The molecule has 0 N–H and O–H groups in total. The van der Waals surface area contributed by atoms with Crippen LogP contribution in [0.1, 0.15) is 89.5 Å². The number of thiophene rings is 1. The van der Waals surface area contributed by atoms with Gasteiger partial charge in [0.2, 0.25) is 0 Å². The van der Waals surface area contributed by atoms with Crippen LogP contribution in [0.4, 0.5) is 0 Å². The molecule has 1 aliphatic rings. The van der Waals surface area contributed by atoms with Crippen LogP contribution in [0.5, 0.6) is 11.5 Å². The van der Waals surface area contributed by atoms with E-state index in [-0.39, 0.29) is 5.41 Å². The van der Waals surface area contributed by atoms with Gasteiger partial charge < -0.3 is 18.9 Å². The van der Waals surface area contributed by atoms with E-state index in [1.165, 1.54) is 49.7 Å². The Bertz CT molecular complexity index is 913. The van der Waals surface area contributed by atoms with Crippen LogP contribution in [0.25, 0.3) is 10.4 Å². The van der Waals surface area contributed by atoms with E-state index < -0.39 is 0 Å². The minimum absolute atomic E-state index is 0.334. The molecule has 1 aliphatic heterocycles. The van der Waals surface area contributed by atoms with E-state index in [2.05, 4.69) is 65.8 Å². The van der Waals surface area contributed by atoms with Crippen molar-refractivity contribution in [2.45, 2.75) is 92.9 Å². The summed E-state index contributed by atoms with van der Waals surface area (Å²) < 4.78 is 26.0. The van der Waals surface area contributed by atoms with Crippen molar-refractivity contribution in [1.82, 2.24) is 0 Å². The minimum Gasteiger partial charge on any atom is -0.488 e. The first-order valence-corrected chi connectivity index (χ1v) is 15.9. The van der Waals surface area contributed by atoms with Crippen molar-refractivity contribution in [3.8, 4) is 21.9 Å². The predicted octanol–water partition coefficient (Wildman–Crippen LogP) is 9.26. The number of ether oxygens (including phenoxy) is 4. The summed E-state index contributed by atoms with van der Waals surface area (Å²) in [5.74, 6) is 2.98. The lowest BCUT2D eigenvalue weighted by molar-refractivity contribution is -0.0715. The molecular formula is C33H52O4S. The largest absolute Gasteiger partial charge is 0.488 e. The highest BCUT2D eigenvalue weighted by Crippen LogP contribution is 2.50. The molecule has 38 heavy (non-hydrogen) atoms. The molecule has 0 saturated carbocycles. The lowest BCUT2D eigenvalue weighted by atomic mass is 9.91. The van der Waals surface area contributed by atoms with Crippen LogP contribution in [0.15, 0.2) is 24.3 Å². The lowest BCUT2D eigenvalue weighted by Gasteiger charge is -2.32. The van der Waals surface area contributed by atoms with Crippen molar-refractivity contribution in [3.05, 3.63) is 34.7 Å². The number of hydrogen-bond acceptors (Lipinski definition) is 5. The summed E-state index contributed by atoms with van der Waals surface area (Å²) in [7, 11) is 0. The molecule has 3 rings (SSSR count). The molecule has 0 spiro atoms. The van der Waals surface area contributed by atoms with Gasteiger partial charge in [-0.25, -0.2) is 0 Å². The Kier molecular flexibility index (Phi) is 12.9. The van der Waals surface area contributed by atoms with Gasteiger partial charge in [-0.3, -0.25) is 0 Å². The Morgan fingerprint density at radius 3 is 1.82 bits per heavy atom. The third-order valence-corrected chi connectivity index (χ3v) is 9.07. The molecule has 2 unspecified atom stereocenters. The first-order chi connectivity index (χ1) is 18.4. The average molecular weight is 545 g/mol. The SMILES string of the molecule is CCCCC(CC)COCC1(COCC(CC)CCCC)COc2c(C)sc(-c3ccc(C)cc3)c2OC1. The quantitative estimate of drug-likeness (QED) is 0.199. The van der Waals surface area contributed by atoms with Crippen LogP contribution in [-0.2, 0) is 9.47 Å². The van der Waals surface area contributed by atoms with Gasteiger partial charge in [-0.1, -0.05) is 96.0 Å². The van der Waals surface area contributed by atoms with Crippen LogP contribution >= 0.6 is 11.3 Å². The van der Waals surface area contributed by atoms with Gasteiger partial charge in [-0.15, -0.1) is 11.3 Å². The molecule has 1 aromatic heterocycles. The lowest BCUT2D eigenvalue weighted by Crippen LogP contribution is -2.43. The Morgan fingerprint density at radius 2 is 1.32 bits per heavy atom. The first-order valence-electron chi connectivity index (χ1n) is 15.1. The molecule has 0 bridgehead atoms. The van der Waals surface area contributed by atoms with Crippen molar-refractivity contribution >= 4 is 11.3 Å². The molecule has 4 nitrogen and oxygen atoms in total. The number of fused-ring (bicyclic) bond motifs is 1. The van der Waals surface area contributed by atoms with E-state index in [0.29, 0.717) is 38.3 Å². The maximum atomic E-state index is 6.62. The monoisotopic (exact) mass is 544 g/mol. The van der Waals surface area contributed by atoms with E-state index in [4.69, 9.17) is 18.9 Å². The van der Waals surface area contributed by atoms with Crippen molar-refractivity contribution in [3.63, 3.8) is 0 Å². The Hall–Kier alpha value is -1.56. The van der Waals surface area contributed by atoms with Gasteiger partial charge in [0.25, 0.3) is 0 Å². The smallest absolute Gasteiger partial charge is 0.180 e. The number of aryl methyl sites for hydroxylation is 2. The van der Waals surface area contributed by atoms with Crippen LogP contribution in [0.3, 0.4) is 0 Å². The molecule has 214 valence electrons. The molecule has 0 fully saturated rings. The van der Waals surface area contributed by atoms with Crippen LogP contribution in [0.2, 0.25) is 0 Å². The molecule has 0 saturated heterocycles. The summed E-state index contributed by atoms with van der Waals surface area (Å²) >= 11 is 1.75. The zero-order chi connectivity index (χ0) is 27.4. The fraction of sp³-hybridized carbons (Fsp3) is 0.697. The fourth-order valence-corrected chi connectivity index (χ4v) is 6.13. The maximum absolute atomic E-state index is 6.62. The van der Waals surface area contributed by atoms with Gasteiger partial charge in [0.15, 0.2) is 11.5 Å². The number of benzene rings is 1. The summed E-state index contributed by atoms with van der Waals surface area (Å²) in [5.41, 5.74) is 2.10. The van der Waals surface area contributed by atoms with E-state index in [9.17, 15) is 0 Å². The van der Waals surface area contributed by atoms with Crippen LogP contribution < -0.4 is 9.47 Å². The second-order valence-corrected chi connectivity index (χ2v) is 12.7. The van der Waals surface area contributed by atoms with Gasteiger partial charge in [0, 0.05) is 18.1 Å². The third-order valence-electron chi connectivity index (χ3n) is 7.96. The van der Waals surface area contributed by atoms with Crippen molar-refractivity contribution in [2.24, 2.45) is 17.3 Å². The molecule has 0 amide bonds. The maximum Gasteiger partial charge on any atom is 0.180 e. The summed E-state index contributed by atoms with van der Waals surface area (Å²) in [6.07, 6.45) is 9.77. The molecular weight excluding hydrogens is 492 g/mol. The third kappa shape index (κ3) is 8.72. The predicted molar refractivity (Wildman–Crippen MR) is 161 cm³/mol. The van der Waals surface area contributed by atoms with Crippen LogP contribution in [0, 0.1) is 31.1 Å². The highest BCUT2D eigenvalue weighted by Gasteiger charge is 2.38. The summed E-state index contributed by atoms with van der Waals surface area (Å²) in [5, 5.41) is 0. The second kappa shape index (κ2) is 15.9. The van der Waals surface area contributed by atoms with Crippen LogP contribution in [-0.4, -0.2) is 39.6 Å². The topological polar surface area (TPSA) is 36.9 Å². The molecule has 5 heteroatoms. The van der Waals surface area contributed by atoms with Crippen molar-refractivity contribution in [2.75, 3.05) is 39.6 Å². The highest BCUT2D eigenvalue weighted by molar-refractivity contribution is 7.16. The number of rotatable bonds is 17. The van der Waals surface area contributed by atoms with E-state index in [0.717, 1.165) is 47.3 Å². The first kappa shape index (κ1) is 31.0. The molecule has 0 aliphatic carbocycles. The van der Waals surface area contributed by atoms with E-state index in [1.54, 1.807) is 11.3 Å². The Labute approximate surface area is 236 Å². The Balaban J connectivity index is 1.74. The molecule has 2 atom stereocenters. The zero-order valence-corrected chi connectivity index (χ0v) is 25.7. The highest BCUT2D eigenvalue weighted by atomic mass is 32.1. The molecule has 1 aromatic carbocycles. The standard InChI is InChI=1S/C33H52O4S/c1-7-11-13-27(9-3)19-34-21-33(22-35-20-28(10-4)14-12-8-2)23-36-30-26(6)38-32(31(30)37-24-33)29-17-15-25(5)16-18-29/h15-18,27-28H,7-14,19-24H2,1-6H3. The zero-order valence-electron chi connectivity index (χ0n) is 24.9. The number of unbranched alkanes of at least 4 members (excludes halogenated alkanes) is 2. The van der Waals surface area contributed by atoms with E-state index >= 15 is 0 Å². The molecule has 2 heterocycles. The fourth-order valence-electron chi connectivity index (χ4n) is 5.08. The molecule has 2 aromatic rings.